The van der Waals surface area contributed by atoms with E-state index in [4.69, 9.17) is 11.6 Å². The van der Waals surface area contributed by atoms with Crippen LogP contribution in [0.15, 0.2) is 23.2 Å². The van der Waals surface area contributed by atoms with Crippen molar-refractivity contribution in [1.29, 1.82) is 0 Å². The Labute approximate surface area is 153 Å². The smallest absolute Gasteiger partial charge is 0.226 e. The van der Waals surface area contributed by atoms with Crippen LogP contribution >= 0.6 is 11.6 Å². The summed E-state index contributed by atoms with van der Waals surface area (Å²) in [5, 5.41) is 9.34. The van der Waals surface area contributed by atoms with Crippen molar-refractivity contribution >= 4 is 39.0 Å². The van der Waals surface area contributed by atoms with E-state index < -0.39 is 9.84 Å². The first-order chi connectivity index (χ1) is 11.8. The minimum absolute atomic E-state index is 0.111. The van der Waals surface area contributed by atoms with Gasteiger partial charge in [0, 0.05) is 26.1 Å². The first kappa shape index (κ1) is 19.5. The Morgan fingerprint density at radius 3 is 2.76 bits per heavy atom. The fourth-order valence-corrected chi connectivity index (χ4v) is 4.48. The number of amides is 1. The summed E-state index contributed by atoms with van der Waals surface area (Å²) in [7, 11) is -1.34. The molecular formula is C16H23ClN4O3S. The van der Waals surface area contributed by atoms with Crippen LogP contribution in [0.3, 0.4) is 0 Å². The van der Waals surface area contributed by atoms with Crippen molar-refractivity contribution in [2.24, 2.45) is 4.99 Å². The molecule has 25 heavy (non-hydrogen) atoms. The average molecular weight is 387 g/mol. The summed E-state index contributed by atoms with van der Waals surface area (Å²) in [6.45, 7) is 2.30. The van der Waals surface area contributed by atoms with Crippen LogP contribution in [0, 0.1) is 6.92 Å². The molecule has 1 unspecified atom stereocenters. The van der Waals surface area contributed by atoms with Crippen molar-refractivity contribution in [3.05, 3.63) is 28.8 Å². The second-order valence-electron chi connectivity index (χ2n) is 6.02. The molecule has 3 N–H and O–H groups in total. The van der Waals surface area contributed by atoms with Gasteiger partial charge in [-0.25, -0.2) is 8.42 Å². The molecule has 1 aromatic carbocycles. The second-order valence-corrected chi connectivity index (χ2v) is 8.66. The highest BCUT2D eigenvalue weighted by molar-refractivity contribution is 7.91. The number of halogens is 1. The summed E-state index contributed by atoms with van der Waals surface area (Å²) in [4.78, 5) is 16.1. The van der Waals surface area contributed by atoms with E-state index in [9.17, 15) is 13.2 Å². The molecule has 1 aromatic rings. The van der Waals surface area contributed by atoms with Crippen molar-refractivity contribution < 1.29 is 13.2 Å². The molecule has 0 spiro atoms. The van der Waals surface area contributed by atoms with Gasteiger partial charge in [0.05, 0.1) is 22.2 Å². The number of aliphatic imine (C=N–C) groups is 1. The van der Waals surface area contributed by atoms with Crippen molar-refractivity contribution in [3.8, 4) is 0 Å². The fraction of sp³-hybridized carbons (Fsp3) is 0.500. The van der Waals surface area contributed by atoms with E-state index in [0.717, 1.165) is 5.56 Å². The first-order valence-electron chi connectivity index (χ1n) is 8.02. The summed E-state index contributed by atoms with van der Waals surface area (Å²) in [5.41, 5.74) is 1.60. The molecule has 1 aliphatic heterocycles. The molecule has 1 amide bonds. The predicted molar refractivity (Wildman–Crippen MR) is 101 cm³/mol. The lowest BCUT2D eigenvalue weighted by atomic mass is 10.2. The van der Waals surface area contributed by atoms with Crippen LogP contribution in [0.1, 0.15) is 18.4 Å². The van der Waals surface area contributed by atoms with Gasteiger partial charge in [0.25, 0.3) is 0 Å². The molecule has 1 saturated heterocycles. The van der Waals surface area contributed by atoms with Crippen LogP contribution < -0.4 is 16.0 Å². The maximum absolute atomic E-state index is 12.0. The third kappa shape index (κ3) is 6.21. The number of aryl methyl sites for hydroxylation is 1. The van der Waals surface area contributed by atoms with Gasteiger partial charge in [-0.2, -0.15) is 0 Å². The molecule has 7 nitrogen and oxygen atoms in total. The zero-order valence-corrected chi connectivity index (χ0v) is 15.9. The number of carbonyl (C=O) groups is 1. The van der Waals surface area contributed by atoms with Gasteiger partial charge in [-0.1, -0.05) is 17.7 Å². The highest BCUT2D eigenvalue weighted by atomic mass is 35.5. The highest BCUT2D eigenvalue weighted by Crippen LogP contribution is 2.22. The number of guanidine groups is 1. The van der Waals surface area contributed by atoms with Gasteiger partial charge in [0.2, 0.25) is 5.91 Å². The number of nitrogens with zero attached hydrogens (tertiary/aromatic N) is 1. The molecule has 1 fully saturated rings. The molecule has 0 aromatic heterocycles. The van der Waals surface area contributed by atoms with Crippen LogP contribution in [0.25, 0.3) is 0 Å². The van der Waals surface area contributed by atoms with Crippen molar-refractivity contribution in [1.82, 2.24) is 10.6 Å². The zero-order chi connectivity index (χ0) is 18.4. The van der Waals surface area contributed by atoms with E-state index in [-0.39, 0.29) is 29.9 Å². The highest BCUT2D eigenvalue weighted by Gasteiger charge is 2.28. The zero-order valence-electron chi connectivity index (χ0n) is 14.3. The monoisotopic (exact) mass is 386 g/mol. The summed E-state index contributed by atoms with van der Waals surface area (Å²) in [6.07, 6.45) is 0.795. The molecular weight excluding hydrogens is 364 g/mol. The lowest BCUT2D eigenvalue weighted by molar-refractivity contribution is -0.116. The molecule has 138 valence electrons. The number of hydrogen-bond donors (Lipinski definition) is 3. The van der Waals surface area contributed by atoms with E-state index in [2.05, 4.69) is 20.9 Å². The molecule has 0 aliphatic carbocycles. The normalized spacial score (nSPS) is 19.5. The lowest BCUT2D eigenvalue weighted by Crippen LogP contribution is -2.44. The molecule has 0 bridgehead atoms. The van der Waals surface area contributed by atoms with Crippen LogP contribution in [-0.2, 0) is 14.6 Å². The Kier molecular flexibility index (Phi) is 6.66. The number of hydrogen-bond acceptors (Lipinski definition) is 4. The minimum atomic E-state index is -2.95. The number of sulfone groups is 1. The molecule has 0 saturated carbocycles. The fourth-order valence-electron chi connectivity index (χ4n) is 2.53. The Hall–Kier alpha value is -1.80. The van der Waals surface area contributed by atoms with Crippen molar-refractivity contribution in [3.63, 3.8) is 0 Å². The topological polar surface area (TPSA) is 99.7 Å². The lowest BCUT2D eigenvalue weighted by Gasteiger charge is -2.16. The molecule has 2 rings (SSSR count). The van der Waals surface area contributed by atoms with E-state index >= 15 is 0 Å². The van der Waals surface area contributed by atoms with E-state index in [1.807, 2.05) is 13.0 Å². The Balaban J connectivity index is 1.75. The van der Waals surface area contributed by atoms with E-state index in [1.165, 1.54) is 0 Å². The molecule has 0 radical (unpaired) electrons. The summed E-state index contributed by atoms with van der Waals surface area (Å²) >= 11 is 6.09. The first-order valence-corrected chi connectivity index (χ1v) is 10.2. The minimum Gasteiger partial charge on any atom is -0.356 e. The van der Waals surface area contributed by atoms with Crippen molar-refractivity contribution in [2.45, 2.75) is 25.8 Å². The van der Waals surface area contributed by atoms with E-state index in [0.29, 0.717) is 29.6 Å². The van der Waals surface area contributed by atoms with Gasteiger partial charge in [0.1, 0.15) is 0 Å². The quantitative estimate of drug-likeness (QED) is 0.523. The van der Waals surface area contributed by atoms with Gasteiger partial charge in [-0.15, -0.1) is 0 Å². The second kappa shape index (κ2) is 8.53. The summed E-state index contributed by atoms with van der Waals surface area (Å²) < 4.78 is 22.9. The van der Waals surface area contributed by atoms with Crippen molar-refractivity contribution in [2.75, 3.05) is 30.4 Å². The number of rotatable bonds is 5. The third-order valence-corrected chi connectivity index (χ3v) is 5.92. The van der Waals surface area contributed by atoms with Crippen LogP contribution in [0.4, 0.5) is 5.69 Å². The number of carbonyl (C=O) groups excluding carboxylic acids is 1. The van der Waals surface area contributed by atoms with Gasteiger partial charge in [0.15, 0.2) is 15.8 Å². The number of anilines is 1. The number of nitrogens with one attached hydrogen (secondary N) is 3. The van der Waals surface area contributed by atoms with Crippen LogP contribution in [0.2, 0.25) is 5.02 Å². The Morgan fingerprint density at radius 1 is 1.40 bits per heavy atom. The largest absolute Gasteiger partial charge is 0.356 e. The predicted octanol–water partition coefficient (Wildman–Crippen LogP) is 1.33. The number of benzene rings is 1. The van der Waals surface area contributed by atoms with Gasteiger partial charge < -0.3 is 16.0 Å². The molecule has 9 heteroatoms. The van der Waals surface area contributed by atoms with E-state index in [1.54, 1.807) is 19.2 Å². The van der Waals surface area contributed by atoms with Crippen LogP contribution in [-0.4, -0.2) is 51.4 Å². The Morgan fingerprint density at radius 2 is 2.16 bits per heavy atom. The maximum atomic E-state index is 12.0. The average Bonchev–Trinajstić information content (AvgIpc) is 2.88. The molecule has 1 aliphatic rings. The van der Waals surface area contributed by atoms with Crippen LogP contribution in [0.5, 0.6) is 0 Å². The third-order valence-electron chi connectivity index (χ3n) is 3.84. The molecule has 1 heterocycles. The summed E-state index contributed by atoms with van der Waals surface area (Å²) in [5.74, 6) is 0.627. The maximum Gasteiger partial charge on any atom is 0.226 e. The van der Waals surface area contributed by atoms with Gasteiger partial charge in [-0.05, 0) is 31.0 Å². The summed E-state index contributed by atoms with van der Waals surface area (Å²) in [6, 6.07) is 5.29. The Bertz CT molecular complexity index is 765. The van der Waals surface area contributed by atoms with Gasteiger partial charge in [-0.3, -0.25) is 9.79 Å². The van der Waals surface area contributed by atoms with Gasteiger partial charge >= 0.3 is 0 Å². The standard InChI is InChI=1S/C16H23ClN4O3S/c1-11-3-4-14(13(17)9-11)21-15(22)5-7-19-16(18-2)20-12-6-8-25(23,24)10-12/h3-4,9,12H,5-8,10H2,1-2H3,(H,21,22)(H2,18,19,20). The SMILES string of the molecule is CN=C(NCCC(=O)Nc1ccc(C)cc1Cl)NC1CCS(=O)(=O)C1. The molecule has 1 atom stereocenters.